The van der Waals surface area contributed by atoms with Crippen LogP contribution in [0.3, 0.4) is 0 Å². The second-order valence-corrected chi connectivity index (χ2v) is 1.78. The second-order valence-electron chi connectivity index (χ2n) is 1.78. The number of allylic oxidation sites excluding steroid dienone is 3. The van der Waals surface area contributed by atoms with Gasteiger partial charge in [0.1, 0.15) is 0 Å². The molecule has 0 radical (unpaired) electrons. The van der Waals surface area contributed by atoms with Gasteiger partial charge in [0.25, 0.3) is 0 Å². The lowest BCUT2D eigenvalue weighted by Gasteiger charge is -1.82. The predicted molar refractivity (Wildman–Crippen MR) is 40.2 cm³/mol. The quantitative estimate of drug-likeness (QED) is 0.415. The largest absolute Gasteiger partial charge is 0.504 e. The van der Waals surface area contributed by atoms with Crippen LogP contribution in [-0.2, 0) is 4.74 Å². The van der Waals surface area contributed by atoms with Crippen molar-refractivity contribution < 1.29 is 4.74 Å². The molecule has 0 saturated heterocycles. The lowest BCUT2D eigenvalue weighted by Crippen LogP contribution is -1.62. The summed E-state index contributed by atoms with van der Waals surface area (Å²) in [5.74, 6) is 0. The minimum absolute atomic E-state index is 1.15. The Kier molecular flexibility index (Phi) is 6.70. The van der Waals surface area contributed by atoms with E-state index in [1.165, 1.54) is 6.42 Å². The van der Waals surface area contributed by atoms with E-state index in [2.05, 4.69) is 13.0 Å². The zero-order chi connectivity index (χ0) is 6.95. The fraction of sp³-hybridized carbons (Fsp3) is 0.500. The molecular weight excluding hydrogens is 112 g/mol. The van der Waals surface area contributed by atoms with Gasteiger partial charge in [-0.25, -0.2) is 0 Å². The average molecular weight is 126 g/mol. The van der Waals surface area contributed by atoms with Gasteiger partial charge in [0, 0.05) is 0 Å². The number of hydrogen-bond donors (Lipinski definition) is 0. The molecule has 0 saturated carbocycles. The standard InChI is InChI=1S/C8H14O/c1-3-4-5-6-7-8-9-2/h5-8H,3-4H2,1-2H3/b6-5+,8-7+. The van der Waals surface area contributed by atoms with Gasteiger partial charge < -0.3 is 4.74 Å². The Morgan fingerprint density at radius 1 is 1.33 bits per heavy atom. The molecule has 0 rings (SSSR count). The summed E-state index contributed by atoms with van der Waals surface area (Å²) in [5, 5.41) is 0. The van der Waals surface area contributed by atoms with Crippen molar-refractivity contribution in [1.29, 1.82) is 0 Å². The van der Waals surface area contributed by atoms with Gasteiger partial charge in [0.15, 0.2) is 0 Å². The van der Waals surface area contributed by atoms with Crippen LogP contribution in [0.25, 0.3) is 0 Å². The van der Waals surface area contributed by atoms with Crippen molar-refractivity contribution in [3.8, 4) is 0 Å². The molecule has 0 spiro atoms. The lowest BCUT2D eigenvalue weighted by atomic mass is 10.3. The summed E-state index contributed by atoms with van der Waals surface area (Å²) in [7, 11) is 1.64. The number of rotatable bonds is 4. The zero-order valence-electron chi connectivity index (χ0n) is 6.13. The van der Waals surface area contributed by atoms with Gasteiger partial charge in [-0.05, 0) is 12.5 Å². The molecule has 0 aromatic rings. The lowest BCUT2D eigenvalue weighted by molar-refractivity contribution is 0.338. The SMILES string of the molecule is CCC/C=C/C=C/OC. The summed E-state index contributed by atoms with van der Waals surface area (Å²) < 4.78 is 4.69. The predicted octanol–water partition coefficient (Wildman–Crippen LogP) is 2.50. The van der Waals surface area contributed by atoms with Crippen LogP contribution in [0.5, 0.6) is 0 Å². The third kappa shape index (κ3) is 7.28. The van der Waals surface area contributed by atoms with Crippen molar-refractivity contribution in [2.45, 2.75) is 19.8 Å². The molecule has 52 valence electrons. The highest BCUT2D eigenvalue weighted by Crippen LogP contribution is 1.88. The van der Waals surface area contributed by atoms with Gasteiger partial charge in [-0.15, -0.1) is 0 Å². The third-order valence-corrected chi connectivity index (χ3v) is 0.917. The van der Waals surface area contributed by atoms with Crippen LogP contribution in [0.15, 0.2) is 24.5 Å². The molecule has 0 amide bonds. The molecule has 9 heavy (non-hydrogen) atoms. The topological polar surface area (TPSA) is 9.23 Å². The summed E-state index contributed by atoms with van der Waals surface area (Å²) in [6, 6.07) is 0. The van der Waals surface area contributed by atoms with E-state index in [4.69, 9.17) is 4.74 Å². The Balaban J connectivity index is 3.13. The van der Waals surface area contributed by atoms with E-state index in [0.29, 0.717) is 0 Å². The van der Waals surface area contributed by atoms with Crippen LogP contribution in [0.2, 0.25) is 0 Å². The summed E-state index contributed by atoms with van der Waals surface area (Å²) in [5.41, 5.74) is 0. The smallest absolute Gasteiger partial charge is 0.0824 e. The Morgan fingerprint density at radius 3 is 2.67 bits per heavy atom. The summed E-state index contributed by atoms with van der Waals surface area (Å²) in [6.07, 6.45) is 10.0. The normalized spacial score (nSPS) is 11.3. The van der Waals surface area contributed by atoms with Crippen LogP contribution in [-0.4, -0.2) is 7.11 Å². The van der Waals surface area contributed by atoms with Gasteiger partial charge in [-0.2, -0.15) is 0 Å². The van der Waals surface area contributed by atoms with Gasteiger partial charge in [0.05, 0.1) is 13.4 Å². The van der Waals surface area contributed by atoms with E-state index < -0.39 is 0 Å². The molecule has 0 N–H and O–H groups in total. The van der Waals surface area contributed by atoms with Gasteiger partial charge in [0.2, 0.25) is 0 Å². The summed E-state index contributed by atoms with van der Waals surface area (Å²) >= 11 is 0. The minimum Gasteiger partial charge on any atom is -0.504 e. The monoisotopic (exact) mass is 126 g/mol. The molecule has 0 aliphatic rings. The third-order valence-electron chi connectivity index (χ3n) is 0.917. The molecule has 0 aromatic carbocycles. The first-order valence-corrected chi connectivity index (χ1v) is 3.26. The molecule has 0 unspecified atom stereocenters. The molecular formula is C8H14O. The zero-order valence-corrected chi connectivity index (χ0v) is 6.13. The Labute approximate surface area is 57.0 Å². The first-order chi connectivity index (χ1) is 4.41. The molecule has 1 heteroatoms. The first kappa shape index (κ1) is 8.28. The first-order valence-electron chi connectivity index (χ1n) is 3.26. The van der Waals surface area contributed by atoms with Crippen molar-refractivity contribution in [3.05, 3.63) is 24.5 Å². The Morgan fingerprint density at radius 2 is 2.11 bits per heavy atom. The van der Waals surface area contributed by atoms with Crippen LogP contribution in [0.1, 0.15) is 19.8 Å². The fourth-order valence-corrected chi connectivity index (χ4v) is 0.465. The molecule has 0 heterocycles. The fourth-order valence-electron chi connectivity index (χ4n) is 0.465. The second kappa shape index (κ2) is 7.28. The highest BCUT2D eigenvalue weighted by atomic mass is 16.5. The number of hydrogen-bond acceptors (Lipinski definition) is 1. The van der Waals surface area contributed by atoms with Crippen molar-refractivity contribution in [3.63, 3.8) is 0 Å². The molecule has 1 nitrogen and oxygen atoms in total. The summed E-state index contributed by atoms with van der Waals surface area (Å²) in [6.45, 7) is 2.16. The molecule has 0 atom stereocenters. The van der Waals surface area contributed by atoms with Crippen molar-refractivity contribution in [1.82, 2.24) is 0 Å². The molecule has 0 fully saturated rings. The molecule has 0 bridgehead atoms. The van der Waals surface area contributed by atoms with E-state index in [1.54, 1.807) is 13.4 Å². The van der Waals surface area contributed by atoms with E-state index >= 15 is 0 Å². The number of ether oxygens (including phenoxy) is 1. The van der Waals surface area contributed by atoms with Crippen molar-refractivity contribution in [2.24, 2.45) is 0 Å². The van der Waals surface area contributed by atoms with E-state index in [1.807, 2.05) is 12.2 Å². The van der Waals surface area contributed by atoms with Crippen LogP contribution < -0.4 is 0 Å². The summed E-state index contributed by atoms with van der Waals surface area (Å²) in [4.78, 5) is 0. The van der Waals surface area contributed by atoms with E-state index in [-0.39, 0.29) is 0 Å². The van der Waals surface area contributed by atoms with Crippen LogP contribution >= 0.6 is 0 Å². The van der Waals surface area contributed by atoms with Gasteiger partial charge >= 0.3 is 0 Å². The Bertz CT molecular complexity index is 92.7. The van der Waals surface area contributed by atoms with Gasteiger partial charge in [-0.3, -0.25) is 0 Å². The maximum atomic E-state index is 4.69. The van der Waals surface area contributed by atoms with Crippen LogP contribution in [0.4, 0.5) is 0 Å². The number of methoxy groups -OCH3 is 1. The average Bonchev–Trinajstić information content (AvgIpc) is 1.89. The highest BCUT2D eigenvalue weighted by Gasteiger charge is 1.68. The minimum atomic E-state index is 1.15. The maximum absolute atomic E-state index is 4.69. The van der Waals surface area contributed by atoms with Gasteiger partial charge in [-0.1, -0.05) is 25.5 Å². The maximum Gasteiger partial charge on any atom is 0.0824 e. The molecule has 0 aliphatic carbocycles. The van der Waals surface area contributed by atoms with Crippen molar-refractivity contribution in [2.75, 3.05) is 7.11 Å². The highest BCUT2D eigenvalue weighted by molar-refractivity contribution is 4.99. The van der Waals surface area contributed by atoms with Crippen molar-refractivity contribution >= 4 is 0 Å². The number of unbranched alkanes of at least 4 members (excludes halogenated alkanes) is 1. The molecule has 0 aliphatic heterocycles. The molecule has 0 aromatic heterocycles. The van der Waals surface area contributed by atoms with E-state index in [9.17, 15) is 0 Å². The Hall–Kier alpha value is -0.720. The van der Waals surface area contributed by atoms with E-state index in [0.717, 1.165) is 6.42 Å². The van der Waals surface area contributed by atoms with Crippen LogP contribution in [0, 0.1) is 0 Å².